The standard InChI is InChI=1S/C18H27N3O3S/c1-18(2,20-11-3-4-12-20)14-19-25(23,24)16-9-7-15(8-10-16)21-13-5-6-17(21)22/h7-10,19H,3-6,11-14H2,1-2H3. The Morgan fingerprint density at radius 2 is 1.68 bits per heavy atom. The minimum atomic E-state index is -3.56. The molecule has 2 fully saturated rings. The molecule has 2 aliphatic rings. The highest BCUT2D eigenvalue weighted by Crippen LogP contribution is 2.24. The maximum atomic E-state index is 12.6. The Morgan fingerprint density at radius 3 is 2.24 bits per heavy atom. The summed E-state index contributed by atoms with van der Waals surface area (Å²) in [5.74, 6) is 0.0982. The maximum absolute atomic E-state index is 12.6. The fourth-order valence-electron chi connectivity index (χ4n) is 3.52. The molecule has 0 atom stereocenters. The van der Waals surface area contributed by atoms with Crippen molar-refractivity contribution in [3.05, 3.63) is 24.3 Å². The number of benzene rings is 1. The Labute approximate surface area is 150 Å². The lowest BCUT2D eigenvalue weighted by atomic mass is 10.0. The number of nitrogens with one attached hydrogen (secondary N) is 1. The summed E-state index contributed by atoms with van der Waals surface area (Å²) in [5, 5.41) is 0. The van der Waals surface area contributed by atoms with E-state index in [1.165, 1.54) is 12.8 Å². The molecule has 0 unspecified atom stereocenters. The van der Waals surface area contributed by atoms with Gasteiger partial charge in [-0.2, -0.15) is 0 Å². The second-order valence-electron chi connectivity index (χ2n) is 7.47. The van der Waals surface area contributed by atoms with Gasteiger partial charge in [0.1, 0.15) is 0 Å². The number of carbonyl (C=O) groups excluding carboxylic acids is 1. The minimum absolute atomic E-state index is 0.0982. The molecule has 0 aromatic heterocycles. The van der Waals surface area contributed by atoms with Gasteiger partial charge in [-0.1, -0.05) is 0 Å². The monoisotopic (exact) mass is 365 g/mol. The van der Waals surface area contributed by atoms with Gasteiger partial charge in [-0.05, 0) is 70.5 Å². The van der Waals surface area contributed by atoms with Gasteiger partial charge in [0, 0.05) is 30.7 Å². The van der Waals surface area contributed by atoms with Gasteiger partial charge in [-0.15, -0.1) is 0 Å². The van der Waals surface area contributed by atoms with Gasteiger partial charge >= 0.3 is 0 Å². The molecule has 1 aromatic carbocycles. The Morgan fingerprint density at radius 1 is 1.04 bits per heavy atom. The van der Waals surface area contributed by atoms with E-state index in [9.17, 15) is 13.2 Å². The second-order valence-corrected chi connectivity index (χ2v) is 9.24. The normalized spacial score (nSPS) is 19.8. The number of carbonyl (C=O) groups is 1. The van der Waals surface area contributed by atoms with Crippen LogP contribution in [-0.4, -0.2) is 50.9 Å². The van der Waals surface area contributed by atoms with Crippen LogP contribution < -0.4 is 9.62 Å². The van der Waals surface area contributed by atoms with Crippen molar-refractivity contribution in [2.24, 2.45) is 0 Å². The van der Waals surface area contributed by atoms with Crippen molar-refractivity contribution < 1.29 is 13.2 Å². The topological polar surface area (TPSA) is 69.7 Å². The summed E-state index contributed by atoms with van der Waals surface area (Å²) in [6, 6.07) is 6.57. The number of amides is 1. The van der Waals surface area contributed by atoms with Gasteiger partial charge in [-0.25, -0.2) is 13.1 Å². The first-order valence-corrected chi connectivity index (χ1v) is 10.4. The molecule has 0 spiro atoms. The molecule has 138 valence electrons. The summed E-state index contributed by atoms with van der Waals surface area (Å²) in [6.07, 6.45) is 3.76. The largest absolute Gasteiger partial charge is 0.312 e. The van der Waals surface area contributed by atoms with Crippen molar-refractivity contribution in [2.75, 3.05) is 31.1 Å². The fraction of sp³-hybridized carbons (Fsp3) is 0.611. The van der Waals surface area contributed by atoms with Gasteiger partial charge in [0.15, 0.2) is 0 Å². The molecule has 1 amide bonds. The number of likely N-dealkylation sites (tertiary alicyclic amines) is 1. The van der Waals surface area contributed by atoms with Crippen LogP contribution in [0.1, 0.15) is 39.5 Å². The van der Waals surface area contributed by atoms with Gasteiger partial charge in [0.25, 0.3) is 0 Å². The molecule has 2 heterocycles. The smallest absolute Gasteiger partial charge is 0.240 e. The average molecular weight is 365 g/mol. The third-order valence-corrected chi connectivity index (χ3v) is 6.61. The van der Waals surface area contributed by atoms with Crippen molar-refractivity contribution >= 4 is 21.6 Å². The lowest BCUT2D eigenvalue weighted by Crippen LogP contribution is -2.50. The number of hydrogen-bond donors (Lipinski definition) is 1. The lowest BCUT2D eigenvalue weighted by Gasteiger charge is -2.35. The quantitative estimate of drug-likeness (QED) is 0.837. The first-order chi connectivity index (χ1) is 11.8. The summed E-state index contributed by atoms with van der Waals surface area (Å²) in [7, 11) is -3.56. The molecular formula is C18H27N3O3S. The van der Waals surface area contributed by atoms with Gasteiger partial charge in [-0.3, -0.25) is 9.69 Å². The molecule has 1 N–H and O–H groups in total. The van der Waals surface area contributed by atoms with Crippen molar-refractivity contribution in [3.63, 3.8) is 0 Å². The van der Waals surface area contributed by atoms with Crippen molar-refractivity contribution in [2.45, 2.75) is 50.0 Å². The van der Waals surface area contributed by atoms with Crippen molar-refractivity contribution in [3.8, 4) is 0 Å². The van der Waals surface area contributed by atoms with E-state index in [1.54, 1.807) is 29.2 Å². The summed E-state index contributed by atoms with van der Waals surface area (Å²) < 4.78 is 27.9. The highest BCUT2D eigenvalue weighted by molar-refractivity contribution is 7.89. The van der Waals surface area contributed by atoms with E-state index in [0.29, 0.717) is 19.5 Å². The van der Waals surface area contributed by atoms with E-state index in [2.05, 4.69) is 23.5 Å². The van der Waals surface area contributed by atoms with E-state index in [4.69, 9.17) is 0 Å². The number of nitrogens with zero attached hydrogens (tertiary/aromatic N) is 2. The van der Waals surface area contributed by atoms with E-state index in [0.717, 1.165) is 25.2 Å². The van der Waals surface area contributed by atoms with E-state index in [-0.39, 0.29) is 16.3 Å². The zero-order chi connectivity index (χ0) is 18.1. The van der Waals surface area contributed by atoms with Crippen LogP contribution in [0.2, 0.25) is 0 Å². The Bertz CT molecular complexity index is 722. The van der Waals surface area contributed by atoms with Crippen molar-refractivity contribution in [1.29, 1.82) is 0 Å². The highest BCUT2D eigenvalue weighted by Gasteiger charge is 2.30. The van der Waals surface area contributed by atoms with Crippen LogP contribution in [0.15, 0.2) is 29.2 Å². The molecule has 3 rings (SSSR count). The van der Waals surface area contributed by atoms with Gasteiger partial charge in [0.2, 0.25) is 15.9 Å². The fourth-order valence-corrected chi connectivity index (χ4v) is 4.72. The van der Waals surface area contributed by atoms with Crippen LogP contribution in [0.5, 0.6) is 0 Å². The summed E-state index contributed by atoms with van der Waals surface area (Å²) in [6.45, 7) is 7.27. The minimum Gasteiger partial charge on any atom is -0.312 e. The number of sulfonamides is 1. The van der Waals surface area contributed by atoms with Crippen LogP contribution in [0.3, 0.4) is 0 Å². The Balaban J connectivity index is 1.66. The molecule has 0 radical (unpaired) electrons. The van der Waals surface area contributed by atoms with Crippen LogP contribution in [-0.2, 0) is 14.8 Å². The maximum Gasteiger partial charge on any atom is 0.240 e. The Kier molecular flexibility index (Phi) is 5.18. The number of rotatable bonds is 6. The Hall–Kier alpha value is -1.44. The third kappa shape index (κ3) is 4.04. The van der Waals surface area contributed by atoms with E-state index < -0.39 is 10.0 Å². The molecular weight excluding hydrogens is 338 g/mol. The number of anilines is 1. The molecule has 0 saturated carbocycles. The first-order valence-electron chi connectivity index (χ1n) is 8.95. The first kappa shape index (κ1) is 18.4. The predicted molar refractivity (Wildman–Crippen MR) is 98.1 cm³/mol. The molecule has 1 aromatic rings. The summed E-state index contributed by atoms with van der Waals surface area (Å²) >= 11 is 0. The zero-order valence-electron chi connectivity index (χ0n) is 15.0. The van der Waals surface area contributed by atoms with Crippen molar-refractivity contribution in [1.82, 2.24) is 9.62 Å². The summed E-state index contributed by atoms with van der Waals surface area (Å²) in [4.78, 5) is 16.1. The van der Waals surface area contributed by atoms with E-state index >= 15 is 0 Å². The molecule has 25 heavy (non-hydrogen) atoms. The van der Waals surface area contributed by atoms with Gasteiger partial charge in [0.05, 0.1) is 4.90 Å². The molecule has 7 heteroatoms. The second kappa shape index (κ2) is 7.05. The predicted octanol–water partition coefficient (Wildman–Crippen LogP) is 1.97. The molecule has 2 aliphatic heterocycles. The van der Waals surface area contributed by atoms with Crippen LogP contribution in [0, 0.1) is 0 Å². The molecule has 2 saturated heterocycles. The van der Waals surface area contributed by atoms with Crippen LogP contribution in [0.4, 0.5) is 5.69 Å². The molecule has 0 bridgehead atoms. The number of hydrogen-bond acceptors (Lipinski definition) is 4. The zero-order valence-corrected chi connectivity index (χ0v) is 15.8. The van der Waals surface area contributed by atoms with Crippen LogP contribution in [0.25, 0.3) is 0 Å². The van der Waals surface area contributed by atoms with Gasteiger partial charge < -0.3 is 4.90 Å². The molecule has 0 aliphatic carbocycles. The average Bonchev–Trinajstić information content (AvgIpc) is 3.25. The lowest BCUT2D eigenvalue weighted by molar-refractivity contribution is -0.117. The SMILES string of the molecule is CC(C)(CNS(=O)(=O)c1ccc(N2CCCC2=O)cc1)N1CCCC1. The third-order valence-electron chi connectivity index (χ3n) is 5.19. The summed E-state index contributed by atoms with van der Waals surface area (Å²) in [5.41, 5.74) is 0.560. The molecule has 6 nitrogen and oxygen atoms in total. The highest BCUT2D eigenvalue weighted by atomic mass is 32.2. The van der Waals surface area contributed by atoms with Crippen LogP contribution >= 0.6 is 0 Å². The van der Waals surface area contributed by atoms with E-state index in [1.807, 2.05) is 0 Å².